The minimum absolute atomic E-state index is 0.445. The van der Waals surface area contributed by atoms with E-state index in [1.165, 1.54) is 11.1 Å². The first-order valence-corrected chi connectivity index (χ1v) is 14.1. The van der Waals surface area contributed by atoms with E-state index in [-0.39, 0.29) is 0 Å². The third-order valence-electron chi connectivity index (χ3n) is 7.03. The second-order valence-electron chi connectivity index (χ2n) is 10.1. The molecule has 0 atom stereocenters. The standard InChI is InChI=1S/C38H34N4/c1-5-12-32-23-33(19-17-27(32)2)35-21-29(22-36(24-35)34-20-18-28(3)40-26-34)25-41-38(31-15-10-7-11-16-31)42-37(39-4)30-13-8-6-9-14-30/h5-24,26H,4,25H2,1-3H3/b12-5-,41-38?,42-37?. The first-order valence-electron chi connectivity index (χ1n) is 14.1. The Balaban J connectivity index is 1.61. The van der Waals surface area contributed by atoms with Gasteiger partial charge in [-0.15, -0.1) is 0 Å². The van der Waals surface area contributed by atoms with Crippen molar-refractivity contribution in [2.24, 2.45) is 15.0 Å². The van der Waals surface area contributed by atoms with Gasteiger partial charge in [-0.25, -0.2) is 9.98 Å². The minimum Gasteiger partial charge on any atom is -0.261 e. The fourth-order valence-corrected chi connectivity index (χ4v) is 4.76. The van der Waals surface area contributed by atoms with Crippen LogP contribution in [0.4, 0.5) is 0 Å². The van der Waals surface area contributed by atoms with Gasteiger partial charge in [0.05, 0.1) is 6.54 Å². The molecule has 0 amide bonds. The van der Waals surface area contributed by atoms with Crippen molar-refractivity contribution < 1.29 is 0 Å². The van der Waals surface area contributed by atoms with Gasteiger partial charge in [-0.05, 0) is 91.2 Å². The Morgan fingerprint density at radius 2 is 1.36 bits per heavy atom. The van der Waals surface area contributed by atoms with Gasteiger partial charge in [0, 0.05) is 28.6 Å². The molecule has 0 fully saturated rings. The molecule has 0 spiro atoms. The van der Waals surface area contributed by atoms with Crippen LogP contribution in [-0.4, -0.2) is 23.4 Å². The molecule has 1 heterocycles. The summed E-state index contributed by atoms with van der Waals surface area (Å²) in [6.07, 6.45) is 6.16. The van der Waals surface area contributed by atoms with Gasteiger partial charge in [0.15, 0.2) is 11.7 Å². The van der Waals surface area contributed by atoms with E-state index in [4.69, 9.17) is 9.98 Å². The monoisotopic (exact) mass is 546 g/mol. The van der Waals surface area contributed by atoms with Crippen LogP contribution in [0.25, 0.3) is 28.3 Å². The van der Waals surface area contributed by atoms with E-state index in [2.05, 4.69) is 78.2 Å². The molecule has 5 rings (SSSR count). The fourth-order valence-electron chi connectivity index (χ4n) is 4.76. The van der Waals surface area contributed by atoms with E-state index in [0.717, 1.165) is 44.6 Å². The number of hydrogen-bond acceptors (Lipinski definition) is 2. The summed E-state index contributed by atoms with van der Waals surface area (Å²) in [6, 6.07) is 37.3. The lowest BCUT2D eigenvalue weighted by Crippen LogP contribution is -2.05. The maximum absolute atomic E-state index is 5.04. The number of nitrogens with zero attached hydrogens (tertiary/aromatic N) is 4. The second-order valence-corrected chi connectivity index (χ2v) is 10.1. The van der Waals surface area contributed by atoms with Gasteiger partial charge < -0.3 is 0 Å². The molecular formula is C38H34N4. The topological polar surface area (TPSA) is 50.0 Å². The van der Waals surface area contributed by atoms with Crippen LogP contribution in [0.15, 0.2) is 136 Å². The molecule has 4 aromatic carbocycles. The Morgan fingerprint density at radius 3 is 1.98 bits per heavy atom. The van der Waals surface area contributed by atoms with Gasteiger partial charge in [-0.3, -0.25) is 9.98 Å². The predicted octanol–water partition coefficient (Wildman–Crippen LogP) is 9.16. The molecule has 0 saturated carbocycles. The summed E-state index contributed by atoms with van der Waals surface area (Å²) in [4.78, 5) is 18.7. The highest BCUT2D eigenvalue weighted by atomic mass is 15.0. The van der Waals surface area contributed by atoms with Crippen molar-refractivity contribution in [3.63, 3.8) is 0 Å². The molecule has 0 aliphatic heterocycles. The van der Waals surface area contributed by atoms with E-state index in [0.29, 0.717) is 18.2 Å². The molecule has 0 aliphatic carbocycles. The number of benzene rings is 4. The van der Waals surface area contributed by atoms with E-state index in [1.807, 2.05) is 86.8 Å². The SMILES string of the molecule is C=NC(=NC(=NCc1cc(-c2ccc(C)nc2)cc(-c2ccc(C)c(/C=C\C)c2)c1)c1ccccc1)c1ccccc1. The number of aliphatic imine (C=N–C) groups is 3. The number of amidine groups is 2. The highest BCUT2D eigenvalue weighted by Crippen LogP contribution is 2.30. The molecule has 42 heavy (non-hydrogen) atoms. The molecular weight excluding hydrogens is 512 g/mol. The van der Waals surface area contributed by atoms with E-state index in [1.54, 1.807) is 0 Å². The normalized spacial score (nSPS) is 12.1. The quantitative estimate of drug-likeness (QED) is 0.148. The minimum atomic E-state index is 0.445. The number of aryl methyl sites for hydroxylation is 2. The Bertz CT molecular complexity index is 1760. The average molecular weight is 547 g/mol. The van der Waals surface area contributed by atoms with Crippen molar-refractivity contribution in [2.45, 2.75) is 27.3 Å². The van der Waals surface area contributed by atoms with Crippen molar-refractivity contribution >= 4 is 24.5 Å². The summed E-state index contributed by atoms with van der Waals surface area (Å²) in [5.41, 5.74) is 10.8. The van der Waals surface area contributed by atoms with Crippen LogP contribution >= 0.6 is 0 Å². The molecule has 206 valence electrons. The van der Waals surface area contributed by atoms with Crippen LogP contribution in [0.2, 0.25) is 0 Å². The van der Waals surface area contributed by atoms with Crippen molar-refractivity contribution in [2.75, 3.05) is 0 Å². The molecule has 0 unspecified atom stereocenters. The van der Waals surface area contributed by atoms with Crippen molar-refractivity contribution in [3.05, 3.63) is 155 Å². The van der Waals surface area contributed by atoms with Gasteiger partial charge in [0.1, 0.15) is 0 Å². The summed E-state index contributed by atoms with van der Waals surface area (Å²) in [6.45, 7) is 10.4. The molecule has 4 nitrogen and oxygen atoms in total. The highest BCUT2D eigenvalue weighted by Gasteiger charge is 2.10. The maximum Gasteiger partial charge on any atom is 0.161 e. The average Bonchev–Trinajstić information content (AvgIpc) is 3.03. The first kappa shape index (κ1) is 28.3. The van der Waals surface area contributed by atoms with Gasteiger partial charge in [0.2, 0.25) is 0 Å². The summed E-state index contributed by atoms with van der Waals surface area (Å²) in [5, 5.41) is 0. The van der Waals surface area contributed by atoms with Crippen molar-refractivity contribution in [1.82, 2.24) is 4.98 Å². The molecule has 1 aromatic heterocycles. The zero-order valence-electron chi connectivity index (χ0n) is 24.3. The van der Waals surface area contributed by atoms with E-state index in [9.17, 15) is 0 Å². The zero-order valence-corrected chi connectivity index (χ0v) is 24.3. The number of allylic oxidation sites excluding steroid dienone is 1. The number of hydrogen-bond donors (Lipinski definition) is 0. The Kier molecular flexibility index (Phi) is 9.05. The lowest BCUT2D eigenvalue weighted by molar-refractivity contribution is 1.06. The Morgan fingerprint density at radius 1 is 0.714 bits per heavy atom. The van der Waals surface area contributed by atoms with Crippen LogP contribution < -0.4 is 0 Å². The van der Waals surface area contributed by atoms with Gasteiger partial charge >= 0.3 is 0 Å². The molecule has 4 heteroatoms. The summed E-state index contributed by atoms with van der Waals surface area (Å²) in [5.74, 6) is 1.14. The van der Waals surface area contributed by atoms with Gasteiger partial charge in [-0.1, -0.05) is 91.0 Å². The van der Waals surface area contributed by atoms with Gasteiger partial charge in [-0.2, -0.15) is 0 Å². The van der Waals surface area contributed by atoms with Crippen molar-refractivity contribution in [3.8, 4) is 22.3 Å². The van der Waals surface area contributed by atoms with E-state index >= 15 is 0 Å². The van der Waals surface area contributed by atoms with E-state index < -0.39 is 0 Å². The highest BCUT2D eigenvalue weighted by molar-refractivity contribution is 6.12. The predicted molar refractivity (Wildman–Crippen MR) is 179 cm³/mol. The van der Waals surface area contributed by atoms with Gasteiger partial charge in [0.25, 0.3) is 0 Å². The largest absolute Gasteiger partial charge is 0.261 e. The lowest BCUT2D eigenvalue weighted by Gasteiger charge is -2.12. The number of pyridine rings is 1. The van der Waals surface area contributed by atoms with Crippen LogP contribution in [0.3, 0.4) is 0 Å². The molecule has 0 bridgehead atoms. The Hall–Kier alpha value is -5.22. The molecule has 0 radical (unpaired) electrons. The number of rotatable bonds is 7. The van der Waals surface area contributed by atoms with Crippen molar-refractivity contribution in [1.29, 1.82) is 0 Å². The fraction of sp³-hybridized carbons (Fsp3) is 0.105. The molecule has 0 saturated heterocycles. The third-order valence-corrected chi connectivity index (χ3v) is 7.03. The molecule has 5 aromatic rings. The smallest absolute Gasteiger partial charge is 0.161 e. The van der Waals surface area contributed by atoms with Crippen LogP contribution in [0, 0.1) is 13.8 Å². The maximum atomic E-state index is 5.04. The summed E-state index contributed by atoms with van der Waals surface area (Å²) < 4.78 is 0. The second kappa shape index (κ2) is 13.4. The van der Waals surface area contributed by atoms with Crippen LogP contribution in [-0.2, 0) is 6.54 Å². The number of aromatic nitrogens is 1. The van der Waals surface area contributed by atoms with Crippen LogP contribution in [0.1, 0.15) is 40.4 Å². The van der Waals surface area contributed by atoms with Crippen LogP contribution in [0.5, 0.6) is 0 Å². The summed E-state index contributed by atoms with van der Waals surface area (Å²) in [7, 11) is 0. The third kappa shape index (κ3) is 6.91. The lowest BCUT2D eigenvalue weighted by atomic mass is 9.94. The first-order chi connectivity index (χ1) is 20.5. The summed E-state index contributed by atoms with van der Waals surface area (Å²) >= 11 is 0. The molecule has 0 aliphatic rings. The zero-order chi connectivity index (χ0) is 29.3. The Labute approximate surface area is 248 Å². The molecule has 0 N–H and O–H groups in total.